The Labute approximate surface area is 113 Å². The van der Waals surface area contributed by atoms with Gasteiger partial charge in [-0.25, -0.2) is 4.79 Å². The third-order valence-electron chi connectivity index (χ3n) is 2.82. The van der Waals surface area contributed by atoms with E-state index in [-0.39, 0.29) is 0 Å². The molecule has 2 rings (SSSR count). The van der Waals surface area contributed by atoms with Crippen molar-refractivity contribution < 1.29 is 23.1 Å². The van der Waals surface area contributed by atoms with Crippen LogP contribution in [0.3, 0.4) is 0 Å². The number of carboxylic acids is 1. The average molecular weight is 280 g/mol. The first-order chi connectivity index (χ1) is 9.37. The smallest absolute Gasteiger partial charge is 0.393 e. The molecule has 0 aliphatic heterocycles. The number of halogens is 3. The molecule has 2 nitrogen and oxygen atoms in total. The maximum absolute atomic E-state index is 12.4. The van der Waals surface area contributed by atoms with Crippen LogP contribution < -0.4 is 0 Å². The molecule has 104 valence electrons. The molecule has 2 aromatic rings. The van der Waals surface area contributed by atoms with Gasteiger partial charge in [0.2, 0.25) is 0 Å². The second-order valence-corrected chi connectivity index (χ2v) is 4.34. The Morgan fingerprint density at radius 3 is 2.40 bits per heavy atom. The number of hydrogen-bond donors (Lipinski definition) is 1. The Balaban J connectivity index is 2.51. The highest BCUT2D eigenvalue weighted by atomic mass is 19.4. The van der Waals surface area contributed by atoms with Crippen molar-refractivity contribution in [2.75, 3.05) is 0 Å². The molecule has 0 aliphatic rings. The summed E-state index contributed by atoms with van der Waals surface area (Å²) < 4.78 is 37.1. The lowest BCUT2D eigenvalue weighted by Gasteiger charge is -2.08. The second kappa shape index (κ2) is 5.36. The van der Waals surface area contributed by atoms with E-state index in [1.165, 1.54) is 0 Å². The predicted octanol–water partition coefficient (Wildman–Crippen LogP) is 4.26. The van der Waals surface area contributed by atoms with Gasteiger partial charge in [-0.15, -0.1) is 0 Å². The van der Waals surface area contributed by atoms with Crippen LogP contribution in [0.1, 0.15) is 12.0 Å². The van der Waals surface area contributed by atoms with E-state index in [1.807, 2.05) is 18.2 Å². The normalized spacial score (nSPS) is 12.7. The van der Waals surface area contributed by atoms with Crippen molar-refractivity contribution in [2.45, 2.75) is 12.6 Å². The van der Waals surface area contributed by atoms with Crippen molar-refractivity contribution >= 4 is 22.8 Å². The van der Waals surface area contributed by atoms with E-state index in [2.05, 4.69) is 0 Å². The number of carboxylic acid groups (broad SMARTS) is 1. The molecule has 2 aromatic carbocycles. The molecule has 0 saturated carbocycles. The molecule has 0 fully saturated rings. The fraction of sp³-hybridized carbons (Fsp3) is 0.133. The van der Waals surface area contributed by atoms with Crippen LogP contribution in [0, 0.1) is 0 Å². The zero-order valence-electron chi connectivity index (χ0n) is 10.3. The van der Waals surface area contributed by atoms with E-state index in [9.17, 15) is 18.0 Å². The maximum atomic E-state index is 12.4. The van der Waals surface area contributed by atoms with E-state index >= 15 is 0 Å². The molecule has 0 aromatic heterocycles. The monoisotopic (exact) mass is 280 g/mol. The average Bonchev–Trinajstić information content (AvgIpc) is 2.36. The molecular formula is C15H11F3O2. The summed E-state index contributed by atoms with van der Waals surface area (Å²) in [6, 6.07) is 12.2. The quantitative estimate of drug-likeness (QED) is 0.853. The molecular weight excluding hydrogens is 269 g/mol. The SMILES string of the molecule is O=C(O)C(=Cc1cccc2ccccc12)CC(F)(F)F. The van der Waals surface area contributed by atoms with Gasteiger partial charge in [0, 0.05) is 5.57 Å². The Morgan fingerprint density at radius 2 is 1.75 bits per heavy atom. The number of benzene rings is 2. The summed E-state index contributed by atoms with van der Waals surface area (Å²) in [5, 5.41) is 10.5. The molecule has 0 atom stereocenters. The highest BCUT2D eigenvalue weighted by Gasteiger charge is 2.31. The Kier molecular flexibility index (Phi) is 3.79. The lowest BCUT2D eigenvalue weighted by molar-refractivity contribution is -0.142. The fourth-order valence-electron chi connectivity index (χ4n) is 1.97. The van der Waals surface area contributed by atoms with E-state index < -0.39 is 24.1 Å². The number of aliphatic carboxylic acids is 1. The fourth-order valence-corrected chi connectivity index (χ4v) is 1.97. The van der Waals surface area contributed by atoms with Gasteiger partial charge in [-0.2, -0.15) is 13.2 Å². The number of fused-ring (bicyclic) bond motifs is 1. The van der Waals surface area contributed by atoms with Crippen molar-refractivity contribution in [3.8, 4) is 0 Å². The van der Waals surface area contributed by atoms with Crippen LogP contribution in [-0.4, -0.2) is 17.3 Å². The summed E-state index contributed by atoms with van der Waals surface area (Å²) >= 11 is 0. The van der Waals surface area contributed by atoms with Crippen LogP contribution in [0.25, 0.3) is 16.8 Å². The zero-order valence-corrected chi connectivity index (χ0v) is 10.3. The third-order valence-corrected chi connectivity index (χ3v) is 2.82. The second-order valence-electron chi connectivity index (χ2n) is 4.34. The summed E-state index contributed by atoms with van der Waals surface area (Å²) in [4.78, 5) is 10.9. The number of carbonyl (C=O) groups is 1. The van der Waals surface area contributed by atoms with Crippen LogP contribution in [0.2, 0.25) is 0 Å². The van der Waals surface area contributed by atoms with Crippen LogP contribution in [0.15, 0.2) is 48.0 Å². The molecule has 0 radical (unpaired) electrons. The summed E-state index contributed by atoms with van der Waals surface area (Å²) in [5.74, 6) is -1.56. The van der Waals surface area contributed by atoms with Gasteiger partial charge in [0.05, 0.1) is 6.42 Å². The Bertz CT molecular complexity index is 667. The van der Waals surface area contributed by atoms with Gasteiger partial charge >= 0.3 is 12.1 Å². The van der Waals surface area contributed by atoms with Crippen molar-refractivity contribution in [3.05, 3.63) is 53.6 Å². The molecule has 0 unspecified atom stereocenters. The maximum Gasteiger partial charge on any atom is 0.393 e. The molecule has 0 bridgehead atoms. The molecule has 20 heavy (non-hydrogen) atoms. The van der Waals surface area contributed by atoms with Gasteiger partial charge in [0.25, 0.3) is 0 Å². The number of rotatable bonds is 3. The standard InChI is InChI=1S/C15H11F3O2/c16-15(17,18)9-12(14(19)20)8-11-6-3-5-10-4-1-2-7-13(10)11/h1-8H,9H2,(H,19,20). The van der Waals surface area contributed by atoms with Crippen LogP contribution in [-0.2, 0) is 4.79 Å². The van der Waals surface area contributed by atoms with Gasteiger partial charge in [-0.1, -0.05) is 42.5 Å². The molecule has 0 amide bonds. The van der Waals surface area contributed by atoms with E-state index in [4.69, 9.17) is 5.11 Å². The molecule has 1 N–H and O–H groups in total. The number of hydrogen-bond acceptors (Lipinski definition) is 1. The van der Waals surface area contributed by atoms with Gasteiger partial charge < -0.3 is 5.11 Å². The van der Waals surface area contributed by atoms with E-state index in [0.717, 1.165) is 16.8 Å². The third kappa shape index (κ3) is 3.38. The summed E-state index contributed by atoms with van der Waals surface area (Å²) in [6.07, 6.45) is -4.92. The summed E-state index contributed by atoms with van der Waals surface area (Å²) in [5.41, 5.74) is -0.210. The predicted molar refractivity (Wildman–Crippen MR) is 70.2 cm³/mol. The highest BCUT2D eigenvalue weighted by molar-refractivity contribution is 5.97. The summed E-state index contributed by atoms with van der Waals surface area (Å²) in [7, 11) is 0. The first kappa shape index (κ1) is 14.1. The van der Waals surface area contributed by atoms with Crippen molar-refractivity contribution in [1.82, 2.24) is 0 Å². The summed E-state index contributed by atoms with van der Waals surface area (Å²) in [6.45, 7) is 0. The van der Waals surface area contributed by atoms with Gasteiger partial charge in [-0.3, -0.25) is 0 Å². The minimum Gasteiger partial charge on any atom is -0.478 e. The minimum atomic E-state index is -4.55. The number of alkyl halides is 3. The first-order valence-electron chi connectivity index (χ1n) is 5.85. The van der Waals surface area contributed by atoms with E-state index in [1.54, 1.807) is 24.3 Å². The van der Waals surface area contributed by atoms with E-state index in [0.29, 0.717) is 5.56 Å². The van der Waals surface area contributed by atoms with Crippen molar-refractivity contribution in [2.24, 2.45) is 0 Å². The first-order valence-corrected chi connectivity index (χ1v) is 5.85. The molecule has 0 spiro atoms. The largest absolute Gasteiger partial charge is 0.478 e. The highest BCUT2D eigenvalue weighted by Crippen LogP contribution is 2.27. The Morgan fingerprint density at radius 1 is 1.10 bits per heavy atom. The van der Waals surface area contributed by atoms with Crippen molar-refractivity contribution in [1.29, 1.82) is 0 Å². The zero-order chi connectivity index (χ0) is 14.8. The van der Waals surface area contributed by atoms with Gasteiger partial charge in [-0.05, 0) is 22.4 Å². The molecule has 0 aliphatic carbocycles. The lowest BCUT2D eigenvalue weighted by atomic mass is 10.0. The van der Waals surface area contributed by atoms with Crippen LogP contribution >= 0.6 is 0 Å². The molecule has 0 saturated heterocycles. The molecule has 5 heteroatoms. The molecule has 0 heterocycles. The van der Waals surface area contributed by atoms with Gasteiger partial charge in [0.1, 0.15) is 0 Å². The Hall–Kier alpha value is -2.30. The van der Waals surface area contributed by atoms with Crippen LogP contribution in [0.5, 0.6) is 0 Å². The minimum absolute atomic E-state index is 0.463. The van der Waals surface area contributed by atoms with Crippen LogP contribution in [0.4, 0.5) is 13.2 Å². The van der Waals surface area contributed by atoms with Crippen molar-refractivity contribution in [3.63, 3.8) is 0 Å². The lowest BCUT2D eigenvalue weighted by Crippen LogP contribution is -2.13. The topological polar surface area (TPSA) is 37.3 Å². The van der Waals surface area contributed by atoms with Gasteiger partial charge in [0.15, 0.2) is 0 Å².